The van der Waals surface area contributed by atoms with E-state index < -0.39 is 22.5 Å². The summed E-state index contributed by atoms with van der Waals surface area (Å²) in [5.41, 5.74) is 1.06. The second-order valence-corrected chi connectivity index (χ2v) is 8.50. The summed E-state index contributed by atoms with van der Waals surface area (Å²) in [6, 6.07) is 19.8. The molecule has 0 fully saturated rings. The molecule has 1 N–H and O–H groups in total. The number of hydrogen-bond donors (Lipinski definition) is 1. The van der Waals surface area contributed by atoms with Crippen LogP contribution in [-0.4, -0.2) is 20.9 Å². The molecule has 0 bridgehead atoms. The lowest BCUT2D eigenvalue weighted by molar-refractivity contribution is -0.119. The van der Waals surface area contributed by atoms with Crippen molar-refractivity contribution >= 4 is 33.2 Å². The summed E-state index contributed by atoms with van der Waals surface area (Å²) < 4.78 is 40.3. The number of carbonyl (C=O) groups is 1. The number of nitrogens with one attached hydrogen (secondary N) is 1. The van der Waals surface area contributed by atoms with Crippen molar-refractivity contribution in [2.45, 2.75) is 11.4 Å². The first kappa shape index (κ1) is 20.8. The molecule has 0 unspecified atom stereocenters. The van der Waals surface area contributed by atoms with E-state index in [2.05, 4.69) is 5.32 Å². The minimum Gasteiger partial charge on any atom is -0.350 e. The quantitative estimate of drug-likeness (QED) is 0.613. The molecule has 0 heterocycles. The van der Waals surface area contributed by atoms with E-state index in [-0.39, 0.29) is 17.3 Å². The second-order valence-electron chi connectivity index (χ2n) is 6.20. The number of nitrogens with zero attached hydrogens (tertiary/aromatic N) is 1. The van der Waals surface area contributed by atoms with Crippen LogP contribution in [-0.2, 0) is 21.4 Å². The van der Waals surface area contributed by atoms with Crippen molar-refractivity contribution in [1.29, 1.82) is 0 Å². The van der Waals surface area contributed by atoms with Crippen LogP contribution < -0.4 is 9.62 Å². The molecule has 3 aromatic rings. The largest absolute Gasteiger partial charge is 0.350 e. The van der Waals surface area contributed by atoms with E-state index in [1.54, 1.807) is 42.5 Å². The second kappa shape index (κ2) is 9.07. The van der Waals surface area contributed by atoms with Gasteiger partial charge in [-0.2, -0.15) is 0 Å². The van der Waals surface area contributed by atoms with Gasteiger partial charge in [-0.1, -0.05) is 41.9 Å². The highest BCUT2D eigenvalue weighted by atomic mass is 35.5. The maximum atomic E-state index is 13.2. The van der Waals surface area contributed by atoms with Crippen LogP contribution in [0.5, 0.6) is 0 Å². The van der Waals surface area contributed by atoms with Gasteiger partial charge in [-0.25, -0.2) is 12.8 Å². The molecule has 1 amide bonds. The lowest BCUT2D eigenvalue weighted by Crippen LogP contribution is -2.40. The van der Waals surface area contributed by atoms with E-state index >= 15 is 0 Å². The molecule has 0 aliphatic heterocycles. The lowest BCUT2D eigenvalue weighted by atomic mass is 10.2. The maximum absolute atomic E-state index is 13.2. The van der Waals surface area contributed by atoms with Gasteiger partial charge in [0.05, 0.1) is 10.6 Å². The van der Waals surface area contributed by atoms with Gasteiger partial charge in [0.25, 0.3) is 10.0 Å². The number of carbonyl (C=O) groups excluding carboxylic acids is 1. The van der Waals surface area contributed by atoms with Crippen molar-refractivity contribution in [3.63, 3.8) is 0 Å². The number of benzene rings is 3. The predicted molar refractivity (Wildman–Crippen MR) is 111 cm³/mol. The van der Waals surface area contributed by atoms with E-state index in [9.17, 15) is 17.6 Å². The Labute approximate surface area is 173 Å². The highest BCUT2D eigenvalue weighted by Gasteiger charge is 2.27. The van der Waals surface area contributed by atoms with Gasteiger partial charge < -0.3 is 5.32 Å². The zero-order valence-electron chi connectivity index (χ0n) is 15.3. The Kier molecular flexibility index (Phi) is 6.51. The fraction of sp³-hybridized carbons (Fsp3) is 0.0952. The number of rotatable bonds is 7. The molecular weight excluding hydrogens is 415 g/mol. The van der Waals surface area contributed by atoms with Crippen LogP contribution >= 0.6 is 11.6 Å². The van der Waals surface area contributed by atoms with Crippen molar-refractivity contribution in [1.82, 2.24) is 5.32 Å². The zero-order chi connectivity index (χ0) is 20.9. The van der Waals surface area contributed by atoms with Gasteiger partial charge in [-0.15, -0.1) is 0 Å². The smallest absolute Gasteiger partial charge is 0.264 e. The van der Waals surface area contributed by atoms with Gasteiger partial charge in [0.15, 0.2) is 0 Å². The van der Waals surface area contributed by atoms with E-state index in [1.807, 2.05) is 0 Å². The van der Waals surface area contributed by atoms with Crippen LogP contribution in [0.15, 0.2) is 83.8 Å². The Morgan fingerprint density at radius 2 is 1.55 bits per heavy atom. The third kappa shape index (κ3) is 5.34. The fourth-order valence-corrected chi connectivity index (χ4v) is 4.18. The molecule has 150 valence electrons. The average molecular weight is 433 g/mol. The Bertz CT molecular complexity index is 1070. The minimum atomic E-state index is -3.99. The molecule has 0 aliphatic rings. The lowest BCUT2D eigenvalue weighted by Gasteiger charge is -2.24. The van der Waals surface area contributed by atoms with Crippen molar-refractivity contribution in [2.75, 3.05) is 10.8 Å². The number of halogens is 2. The molecule has 0 saturated carbocycles. The predicted octanol–water partition coefficient (Wildman–Crippen LogP) is 3.99. The molecule has 5 nitrogen and oxygen atoms in total. The molecule has 3 rings (SSSR count). The Balaban J connectivity index is 1.81. The standard InChI is InChI=1S/C21H18ClFN2O3S/c22-17-8-12-20(13-9-17)29(27,28)25(19-4-2-1-3-5-19)15-21(26)24-14-16-6-10-18(23)11-7-16/h1-13H,14-15H2,(H,24,26). The molecule has 3 aromatic carbocycles. The van der Waals surface area contributed by atoms with E-state index in [4.69, 9.17) is 11.6 Å². The van der Waals surface area contributed by atoms with Gasteiger partial charge in [-0.05, 0) is 54.1 Å². The highest BCUT2D eigenvalue weighted by Crippen LogP contribution is 2.24. The summed E-state index contributed by atoms with van der Waals surface area (Å²) in [4.78, 5) is 12.5. The average Bonchev–Trinajstić information content (AvgIpc) is 2.72. The number of para-hydroxylation sites is 1. The van der Waals surface area contributed by atoms with Crippen LogP contribution in [0.2, 0.25) is 5.02 Å². The van der Waals surface area contributed by atoms with Crippen molar-refractivity contribution in [3.05, 3.63) is 95.3 Å². The van der Waals surface area contributed by atoms with Gasteiger partial charge in [0.1, 0.15) is 12.4 Å². The number of sulfonamides is 1. The molecule has 0 atom stereocenters. The molecule has 0 aliphatic carbocycles. The zero-order valence-corrected chi connectivity index (χ0v) is 16.8. The van der Waals surface area contributed by atoms with E-state index in [0.29, 0.717) is 16.3 Å². The molecule has 0 radical (unpaired) electrons. The van der Waals surface area contributed by atoms with Crippen LogP contribution in [0.3, 0.4) is 0 Å². The van der Waals surface area contributed by atoms with Crippen LogP contribution in [0.1, 0.15) is 5.56 Å². The number of amides is 1. The summed E-state index contributed by atoms with van der Waals surface area (Å²) in [6.07, 6.45) is 0. The number of anilines is 1. The van der Waals surface area contributed by atoms with Crippen LogP contribution in [0, 0.1) is 5.82 Å². The van der Waals surface area contributed by atoms with Gasteiger partial charge in [0, 0.05) is 11.6 Å². The normalized spacial score (nSPS) is 11.1. The van der Waals surface area contributed by atoms with Crippen LogP contribution in [0.4, 0.5) is 10.1 Å². The van der Waals surface area contributed by atoms with Gasteiger partial charge in [-0.3, -0.25) is 9.10 Å². The van der Waals surface area contributed by atoms with E-state index in [0.717, 1.165) is 4.31 Å². The van der Waals surface area contributed by atoms with Crippen molar-refractivity contribution in [2.24, 2.45) is 0 Å². The molecular formula is C21H18ClFN2O3S. The first-order valence-electron chi connectivity index (χ1n) is 8.71. The monoisotopic (exact) mass is 432 g/mol. The molecule has 8 heteroatoms. The molecule has 0 saturated heterocycles. The summed E-state index contributed by atoms with van der Waals surface area (Å²) in [5.74, 6) is -0.861. The topological polar surface area (TPSA) is 66.5 Å². The van der Waals surface area contributed by atoms with Gasteiger partial charge in [0.2, 0.25) is 5.91 Å². The summed E-state index contributed by atoms with van der Waals surface area (Å²) in [6.45, 7) is -0.251. The molecule has 0 aromatic heterocycles. The maximum Gasteiger partial charge on any atom is 0.264 e. The third-order valence-corrected chi connectivity index (χ3v) is 6.18. The first-order chi connectivity index (χ1) is 13.9. The van der Waals surface area contributed by atoms with E-state index in [1.165, 1.54) is 36.4 Å². The molecule has 29 heavy (non-hydrogen) atoms. The minimum absolute atomic E-state index is 0.0251. The van der Waals surface area contributed by atoms with Crippen molar-refractivity contribution < 1.29 is 17.6 Å². The SMILES string of the molecule is O=C(CN(c1ccccc1)S(=O)(=O)c1ccc(Cl)cc1)NCc1ccc(F)cc1. The Hall–Kier alpha value is -2.90. The Morgan fingerprint density at radius 1 is 0.931 bits per heavy atom. The summed E-state index contributed by atoms with van der Waals surface area (Å²) in [5, 5.41) is 3.07. The highest BCUT2D eigenvalue weighted by molar-refractivity contribution is 7.92. The third-order valence-electron chi connectivity index (χ3n) is 4.14. The number of hydrogen-bond acceptors (Lipinski definition) is 3. The van der Waals surface area contributed by atoms with Crippen LogP contribution in [0.25, 0.3) is 0 Å². The first-order valence-corrected chi connectivity index (χ1v) is 10.5. The van der Waals surface area contributed by atoms with Crippen molar-refractivity contribution in [3.8, 4) is 0 Å². The fourth-order valence-electron chi connectivity index (χ4n) is 2.63. The molecule has 0 spiro atoms. The van der Waals surface area contributed by atoms with Gasteiger partial charge >= 0.3 is 0 Å². The Morgan fingerprint density at radius 3 is 2.17 bits per heavy atom. The summed E-state index contributed by atoms with van der Waals surface area (Å²) >= 11 is 5.86. The summed E-state index contributed by atoms with van der Waals surface area (Å²) in [7, 11) is -3.99.